The van der Waals surface area contributed by atoms with Crippen molar-refractivity contribution >= 4 is 55.7 Å². The maximum Gasteiger partial charge on any atom is 0.0737 e. The number of fused-ring (bicyclic) bond motifs is 14. The van der Waals surface area contributed by atoms with Crippen LogP contribution in [-0.4, -0.2) is 0 Å². The summed E-state index contributed by atoms with van der Waals surface area (Å²) in [5, 5.41) is 5.02. The quantitative estimate of drug-likeness (QED) is 0.165. The van der Waals surface area contributed by atoms with Crippen LogP contribution < -0.4 is 9.80 Å². The molecular weight excluding hydrogens is 785 g/mol. The van der Waals surface area contributed by atoms with Gasteiger partial charge in [-0.05, 0) is 214 Å². The minimum Gasteiger partial charge on any atom is -0.310 e. The van der Waals surface area contributed by atoms with Crippen molar-refractivity contribution in [3.05, 3.63) is 250 Å². The Morgan fingerprint density at radius 2 is 0.662 bits per heavy atom. The zero-order valence-corrected chi connectivity index (χ0v) is 37.9. The number of hydrogen-bond donors (Lipinski definition) is 0. The minimum atomic E-state index is -0.533. The summed E-state index contributed by atoms with van der Waals surface area (Å²) < 4.78 is 0. The van der Waals surface area contributed by atoms with Crippen LogP contribution in [0, 0.1) is 41.5 Å². The molecule has 2 nitrogen and oxygen atoms in total. The van der Waals surface area contributed by atoms with Gasteiger partial charge in [-0.15, -0.1) is 0 Å². The number of anilines is 6. The molecular formula is C63H50N2. The lowest BCUT2D eigenvalue weighted by Crippen LogP contribution is -2.26. The first kappa shape index (κ1) is 39.0. The van der Waals surface area contributed by atoms with Gasteiger partial charge in [0.1, 0.15) is 0 Å². The minimum absolute atomic E-state index is 0.533. The van der Waals surface area contributed by atoms with Crippen LogP contribution in [-0.2, 0) is 5.41 Å². The van der Waals surface area contributed by atoms with Gasteiger partial charge in [0, 0.05) is 34.1 Å². The van der Waals surface area contributed by atoms with Gasteiger partial charge in [-0.3, -0.25) is 0 Å². The highest BCUT2D eigenvalue weighted by atomic mass is 15.1. The van der Waals surface area contributed by atoms with Crippen molar-refractivity contribution in [3.63, 3.8) is 0 Å². The van der Waals surface area contributed by atoms with E-state index in [4.69, 9.17) is 0 Å². The Bertz CT molecular complexity index is 3280. The SMILES string of the molecule is Cc1cc(N(c2ccccc2)c2ccc3c4c(ccc3c2)-c2ccc3cc(N(c5ccccc5)c5cc(C)c(C)c(C)c5)ccc3c2C42c3ccccc3-c3ccccc32)cc(C)c1C. The van der Waals surface area contributed by atoms with Crippen LogP contribution in [0.25, 0.3) is 43.8 Å². The maximum absolute atomic E-state index is 2.42. The molecule has 2 aliphatic carbocycles. The summed E-state index contributed by atoms with van der Waals surface area (Å²) in [6, 6.07) is 73.1. The first-order valence-corrected chi connectivity index (χ1v) is 22.9. The van der Waals surface area contributed by atoms with Gasteiger partial charge in [0.15, 0.2) is 0 Å². The fraction of sp³-hybridized carbons (Fsp3) is 0.111. The van der Waals surface area contributed by atoms with Crippen molar-refractivity contribution in [2.45, 2.75) is 47.0 Å². The second kappa shape index (κ2) is 14.7. The molecule has 0 radical (unpaired) electrons. The molecule has 0 saturated carbocycles. The Hall–Kier alpha value is -7.68. The predicted molar refractivity (Wildman–Crippen MR) is 276 cm³/mol. The van der Waals surface area contributed by atoms with E-state index in [1.54, 1.807) is 0 Å². The summed E-state index contributed by atoms with van der Waals surface area (Å²) >= 11 is 0. The third-order valence-corrected chi connectivity index (χ3v) is 14.9. The summed E-state index contributed by atoms with van der Waals surface area (Å²) in [7, 11) is 0. The lowest BCUT2D eigenvalue weighted by atomic mass is 9.68. The number of nitrogens with zero attached hydrogens (tertiary/aromatic N) is 2. The third-order valence-electron chi connectivity index (χ3n) is 14.9. The van der Waals surface area contributed by atoms with Gasteiger partial charge in [0.25, 0.3) is 0 Å². The number of aryl methyl sites for hydroxylation is 4. The van der Waals surface area contributed by atoms with Gasteiger partial charge in [0.2, 0.25) is 0 Å². The molecule has 0 heterocycles. The largest absolute Gasteiger partial charge is 0.310 e. The summed E-state index contributed by atoms with van der Waals surface area (Å²) in [5.74, 6) is 0. The molecule has 10 aromatic rings. The molecule has 1 spiro atoms. The molecule has 0 N–H and O–H groups in total. The molecule has 2 aliphatic rings. The van der Waals surface area contributed by atoms with Crippen LogP contribution in [0.1, 0.15) is 55.6 Å². The molecule has 0 unspecified atom stereocenters. The molecule has 2 heteroatoms. The Kier molecular flexibility index (Phi) is 8.80. The molecule has 0 saturated heterocycles. The zero-order valence-electron chi connectivity index (χ0n) is 37.9. The van der Waals surface area contributed by atoms with Crippen LogP contribution in [0.5, 0.6) is 0 Å². The fourth-order valence-electron chi connectivity index (χ4n) is 11.4. The van der Waals surface area contributed by atoms with Crippen molar-refractivity contribution < 1.29 is 0 Å². The van der Waals surface area contributed by atoms with E-state index in [1.165, 1.54) is 111 Å². The van der Waals surface area contributed by atoms with Crippen LogP contribution in [0.2, 0.25) is 0 Å². The molecule has 0 bridgehead atoms. The maximum atomic E-state index is 2.42. The third kappa shape index (κ3) is 5.73. The first-order valence-electron chi connectivity index (χ1n) is 22.9. The van der Waals surface area contributed by atoms with E-state index in [1.807, 2.05) is 0 Å². The highest BCUT2D eigenvalue weighted by Gasteiger charge is 2.53. The van der Waals surface area contributed by atoms with Crippen molar-refractivity contribution in [1.82, 2.24) is 0 Å². The second-order valence-corrected chi connectivity index (χ2v) is 18.4. The monoisotopic (exact) mass is 834 g/mol. The Morgan fingerprint density at radius 1 is 0.292 bits per heavy atom. The normalized spacial score (nSPS) is 12.9. The molecule has 65 heavy (non-hydrogen) atoms. The Morgan fingerprint density at radius 3 is 1.06 bits per heavy atom. The highest BCUT2D eigenvalue weighted by Crippen LogP contribution is 2.65. The van der Waals surface area contributed by atoms with Gasteiger partial charge in [-0.25, -0.2) is 0 Å². The van der Waals surface area contributed by atoms with Gasteiger partial charge in [-0.1, -0.05) is 121 Å². The smallest absolute Gasteiger partial charge is 0.0737 e. The van der Waals surface area contributed by atoms with E-state index < -0.39 is 5.41 Å². The molecule has 312 valence electrons. The first-order chi connectivity index (χ1) is 31.7. The number of rotatable bonds is 6. The molecule has 0 aliphatic heterocycles. The van der Waals surface area contributed by atoms with Gasteiger partial charge in [0.05, 0.1) is 5.41 Å². The molecule has 0 atom stereocenters. The van der Waals surface area contributed by atoms with Crippen molar-refractivity contribution in [2.75, 3.05) is 9.80 Å². The van der Waals surface area contributed by atoms with Crippen LogP contribution in [0.3, 0.4) is 0 Å². The summed E-state index contributed by atoms with van der Waals surface area (Å²) in [4.78, 5) is 4.83. The molecule has 0 fully saturated rings. The average molecular weight is 835 g/mol. The predicted octanol–water partition coefficient (Wildman–Crippen LogP) is 17.1. The topological polar surface area (TPSA) is 6.48 Å². The standard InChI is InChI=1S/C63H50N2/c1-39-33-51(34-40(2)43(39)5)64(47-17-9-7-10-18-47)49-27-31-53-45(37-49)25-29-57-58-30-26-46-38-50(65(48-19-11-8-12-20-48)52-35-41(3)44(6)42(4)36-52)28-32-54(46)62(58)63(61(53)57)59-23-15-13-21-55(59)56-22-14-16-24-60(56)63/h7-38H,1-6H3. The van der Waals surface area contributed by atoms with E-state index in [9.17, 15) is 0 Å². The van der Waals surface area contributed by atoms with E-state index in [0.717, 1.165) is 22.7 Å². The second-order valence-electron chi connectivity index (χ2n) is 18.4. The Labute approximate surface area is 382 Å². The molecule has 0 amide bonds. The zero-order chi connectivity index (χ0) is 44.1. The number of benzene rings is 10. The molecule has 12 rings (SSSR count). The lowest BCUT2D eigenvalue weighted by Gasteiger charge is -2.33. The van der Waals surface area contributed by atoms with Crippen LogP contribution in [0.4, 0.5) is 34.1 Å². The fourth-order valence-corrected chi connectivity index (χ4v) is 11.4. The van der Waals surface area contributed by atoms with Crippen molar-refractivity contribution in [2.24, 2.45) is 0 Å². The number of para-hydroxylation sites is 2. The lowest BCUT2D eigenvalue weighted by molar-refractivity contribution is 0.809. The highest BCUT2D eigenvalue weighted by molar-refractivity contribution is 6.10. The molecule has 0 aromatic heterocycles. The van der Waals surface area contributed by atoms with Crippen molar-refractivity contribution in [3.8, 4) is 22.3 Å². The van der Waals surface area contributed by atoms with E-state index in [0.29, 0.717) is 0 Å². The molecule has 10 aromatic carbocycles. The van der Waals surface area contributed by atoms with Crippen LogP contribution >= 0.6 is 0 Å². The summed E-state index contributed by atoms with van der Waals surface area (Å²) in [5.41, 5.74) is 24.9. The van der Waals surface area contributed by atoms with E-state index in [2.05, 4.69) is 245 Å². The Balaban J connectivity index is 1.11. The average Bonchev–Trinajstić information content (AvgIpc) is 3.81. The van der Waals surface area contributed by atoms with Crippen LogP contribution in [0.15, 0.2) is 194 Å². The van der Waals surface area contributed by atoms with Crippen molar-refractivity contribution in [1.29, 1.82) is 0 Å². The van der Waals surface area contributed by atoms with Gasteiger partial charge in [-0.2, -0.15) is 0 Å². The van der Waals surface area contributed by atoms with Gasteiger partial charge >= 0.3 is 0 Å². The van der Waals surface area contributed by atoms with E-state index in [-0.39, 0.29) is 0 Å². The summed E-state index contributed by atoms with van der Waals surface area (Å²) in [6.07, 6.45) is 0. The van der Waals surface area contributed by atoms with E-state index >= 15 is 0 Å². The summed E-state index contributed by atoms with van der Waals surface area (Å²) in [6.45, 7) is 13.3. The number of hydrogen-bond acceptors (Lipinski definition) is 2. The van der Waals surface area contributed by atoms with Gasteiger partial charge < -0.3 is 9.80 Å².